The van der Waals surface area contributed by atoms with Gasteiger partial charge >= 0.3 is 0 Å². The molecule has 5 rings (SSSR count). The molecule has 0 saturated carbocycles. The van der Waals surface area contributed by atoms with Crippen molar-refractivity contribution in [2.45, 2.75) is 12.8 Å². The normalized spacial score (nSPS) is 13.1. The lowest BCUT2D eigenvalue weighted by Gasteiger charge is -2.23. The summed E-state index contributed by atoms with van der Waals surface area (Å²) in [6, 6.07) is 20.1. The van der Waals surface area contributed by atoms with Crippen LogP contribution in [0.1, 0.15) is 17.8 Å². The molecule has 2 amide bonds. The summed E-state index contributed by atoms with van der Waals surface area (Å²) in [6.07, 6.45) is 0.209. The maximum Gasteiger partial charge on any atom is 0.241 e. The minimum Gasteiger partial charge on any atom is -0.497 e. The Morgan fingerprint density at radius 1 is 0.943 bits per heavy atom. The lowest BCUT2D eigenvalue weighted by molar-refractivity contribution is -0.124. The number of rotatable bonds is 6. The number of anilines is 3. The highest BCUT2D eigenvalue weighted by atomic mass is 16.5. The van der Waals surface area contributed by atoms with Crippen LogP contribution in [-0.4, -0.2) is 46.2 Å². The highest BCUT2D eigenvalue weighted by Gasteiger charge is 2.28. The second kappa shape index (κ2) is 9.26. The summed E-state index contributed by atoms with van der Waals surface area (Å²) in [5.74, 6) is 1.27. The second-order valence-corrected chi connectivity index (χ2v) is 7.85. The van der Waals surface area contributed by atoms with Crippen molar-refractivity contribution in [2.24, 2.45) is 0 Å². The van der Waals surface area contributed by atoms with E-state index >= 15 is 0 Å². The van der Waals surface area contributed by atoms with Gasteiger partial charge in [0, 0.05) is 23.7 Å². The van der Waals surface area contributed by atoms with Crippen LogP contribution in [0.2, 0.25) is 0 Å². The molecule has 1 aromatic heterocycles. The van der Waals surface area contributed by atoms with Crippen molar-refractivity contribution in [3.63, 3.8) is 0 Å². The van der Waals surface area contributed by atoms with Gasteiger partial charge in [0.25, 0.3) is 0 Å². The SMILES string of the molecule is COc1ccc2c(c1)NC(=O)CC(=O)N2c1ccc(-n2nnnc2Cc2ccccc2OC)cc1. The van der Waals surface area contributed by atoms with Crippen LogP contribution >= 0.6 is 0 Å². The van der Waals surface area contributed by atoms with Gasteiger partial charge in [0.15, 0.2) is 5.82 Å². The predicted octanol–water partition coefficient (Wildman–Crippen LogP) is 3.28. The minimum atomic E-state index is -0.377. The van der Waals surface area contributed by atoms with Crippen molar-refractivity contribution >= 4 is 28.9 Å². The molecule has 0 aliphatic carbocycles. The number of methoxy groups -OCH3 is 2. The van der Waals surface area contributed by atoms with Crippen molar-refractivity contribution in [3.8, 4) is 17.2 Å². The summed E-state index contributed by atoms with van der Waals surface area (Å²) in [6.45, 7) is 0. The number of amides is 2. The zero-order valence-electron chi connectivity index (χ0n) is 19.1. The molecule has 0 spiro atoms. The lowest BCUT2D eigenvalue weighted by Crippen LogP contribution is -2.26. The average molecular weight is 470 g/mol. The highest BCUT2D eigenvalue weighted by Crippen LogP contribution is 2.37. The van der Waals surface area contributed by atoms with Crippen molar-refractivity contribution in [1.82, 2.24) is 20.2 Å². The monoisotopic (exact) mass is 470 g/mol. The van der Waals surface area contributed by atoms with Crippen LogP contribution in [0.4, 0.5) is 17.1 Å². The molecule has 0 bridgehead atoms. The van der Waals surface area contributed by atoms with Crippen LogP contribution in [0, 0.1) is 0 Å². The molecule has 3 aromatic carbocycles. The first-order chi connectivity index (χ1) is 17.1. The van der Waals surface area contributed by atoms with Gasteiger partial charge in [-0.3, -0.25) is 14.5 Å². The first kappa shape index (κ1) is 22.1. The Balaban J connectivity index is 1.47. The average Bonchev–Trinajstić information content (AvgIpc) is 3.28. The summed E-state index contributed by atoms with van der Waals surface area (Å²) in [7, 11) is 3.17. The van der Waals surface area contributed by atoms with E-state index in [1.54, 1.807) is 49.2 Å². The van der Waals surface area contributed by atoms with Crippen molar-refractivity contribution in [1.29, 1.82) is 0 Å². The fourth-order valence-electron chi connectivity index (χ4n) is 4.04. The molecule has 10 nitrogen and oxygen atoms in total. The maximum absolute atomic E-state index is 13.0. The minimum absolute atomic E-state index is 0.269. The highest BCUT2D eigenvalue weighted by molar-refractivity contribution is 6.17. The van der Waals surface area contributed by atoms with Gasteiger partial charge in [0.05, 0.1) is 31.3 Å². The van der Waals surface area contributed by atoms with E-state index in [9.17, 15) is 9.59 Å². The molecule has 35 heavy (non-hydrogen) atoms. The summed E-state index contributed by atoms with van der Waals surface area (Å²) in [5.41, 5.74) is 3.37. The smallest absolute Gasteiger partial charge is 0.241 e. The summed E-state index contributed by atoms with van der Waals surface area (Å²) in [5, 5.41) is 14.9. The first-order valence-corrected chi connectivity index (χ1v) is 10.9. The Hall–Kier alpha value is -4.73. The number of hydrogen-bond donors (Lipinski definition) is 1. The number of benzene rings is 3. The number of tetrazole rings is 1. The number of carbonyl (C=O) groups is 2. The molecule has 10 heteroatoms. The van der Waals surface area contributed by atoms with E-state index in [4.69, 9.17) is 9.47 Å². The number of para-hydroxylation sites is 1. The third-order valence-corrected chi connectivity index (χ3v) is 5.71. The molecule has 4 aromatic rings. The number of carbonyl (C=O) groups excluding carboxylic acids is 2. The van der Waals surface area contributed by atoms with E-state index in [1.165, 1.54) is 4.90 Å². The predicted molar refractivity (Wildman–Crippen MR) is 128 cm³/mol. The Morgan fingerprint density at radius 2 is 1.71 bits per heavy atom. The number of hydrogen-bond acceptors (Lipinski definition) is 7. The molecule has 176 valence electrons. The fraction of sp³-hybridized carbons (Fsp3) is 0.160. The molecular formula is C25H22N6O4. The number of fused-ring (bicyclic) bond motifs is 1. The van der Waals surface area contributed by atoms with Gasteiger partial charge in [-0.15, -0.1) is 5.10 Å². The van der Waals surface area contributed by atoms with Crippen LogP contribution < -0.4 is 19.7 Å². The Kier molecular flexibility index (Phi) is 5.84. The molecule has 0 atom stereocenters. The zero-order chi connectivity index (χ0) is 24.4. The molecular weight excluding hydrogens is 448 g/mol. The van der Waals surface area contributed by atoms with Crippen molar-refractivity contribution < 1.29 is 19.1 Å². The van der Waals surface area contributed by atoms with E-state index in [0.29, 0.717) is 35.1 Å². The quantitative estimate of drug-likeness (QED) is 0.431. The molecule has 1 aliphatic heterocycles. The number of ether oxygens (including phenoxy) is 2. The summed E-state index contributed by atoms with van der Waals surface area (Å²) < 4.78 is 12.3. The van der Waals surface area contributed by atoms with E-state index < -0.39 is 0 Å². The van der Waals surface area contributed by atoms with Crippen LogP contribution in [-0.2, 0) is 16.0 Å². The van der Waals surface area contributed by atoms with Crippen LogP contribution in [0.5, 0.6) is 11.5 Å². The van der Waals surface area contributed by atoms with Crippen LogP contribution in [0.25, 0.3) is 5.69 Å². The third kappa shape index (κ3) is 4.29. The van der Waals surface area contributed by atoms with Gasteiger partial charge in [-0.1, -0.05) is 18.2 Å². The number of aromatic nitrogens is 4. The number of nitrogens with zero attached hydrogens (tertiary/aromatic N) is 5. The van der Waals surface area contributed by atoms with Crippen molar-refractivity contribution in [3.05, 3.63) is 78.1 Å². The van der Waals surface area contributed by atoms with Crippen molar-refractivity contribution in [2.75, 3.05) is 24.4 Å². The van der Waals surface area contributed by atoms with Gasteiger partial charge in [-0.25, -0.2) is 0 Å². The van der Waals surface area contributed by atoms with E-state index in [0.717, 1.165) is 17.0 Å². The van der Waals surface area contributed by atoms with Gasteiger partial charge < -0.3 is 14.8 Å². The van der Waals surface area contributed by atoms with Gasteiger partial charge in [-0.2, -0.15) is 4.68 Å². The van der Waals surface area contributed by atoms with E-state index in [2.05, 4.69) is 20.8 Å². The van der Waals surface area contributed by atoms with E-state index in [-0.39, 0.29) is 18.2 Å². The largest absolute Gasteiger partial charge is 0.497 e. The summed E-state index contributed by atoms with van der Waals surface area (Å²) in [4.78, 5) is 26.7. The molecule has 1 N–H and O–H groups in total. The zero-order valence-corrected chi connectivity index (χ0v) is 19.1. The first-order valence-electron chi connectivity index (χ1n) is 10.9. The Labute approximate surface area is 201 Å². The van der Waals surface area contributed by atoms with E-state index in [1.807, 2.05) is 36.4 Å². The van der Waals surface area contributed by atoms with Gasteiger partial charge in [-0.05, 0) is 52.9 Å². The third-order valence-electron chi connectivity index (χ3n) is 5.71. The molecule has 0 unspecified atom stereocenters. The lowest BCUT2D eigenvalue weighted by atomic mass is 10.1. The fourth-order valence-corrected chi connectivity index (χ4v) is 4.04. The Bertz CT molecular complexity index is 1400. The Morgan fingerprint density at radius 3 is 2.49 bits per heavy atom. The van der Waals surface area contributed by atoms with Crippen LogP contribution in [0.3, 0.4) is 0 Å². The molecule has 0 radical (unpaired) electrons. The molecule has 2 heterocycles. The second-order valence-electron chi connectivity index (χ2n) is 7.85. The molecule has 0 fully saturated rings. The topological polar surface area (TPSA) is 111 Å². The maximum atomic E-state index is 13.0. The van der Waals surface area contributed by atoms with Gasteiger partial charge in [0.2, 0.25) is 11.8 Å². The number of nitrogens with one attached hydrogen (secondary N) is 1. The summed E-state index contributed by atoms with van der Waals surface area (Å²) >= 11 is 0. The van der Waals surface area contributed by atoms with Crippen LogP contribution in [0.15, 0.2) is 66.7 Å². The molecule has 0 saturated heterocycles. The van der Waals surface area contributed by atoms with Gasteiger partial charge in [0.1, 0.15) is 17.9 Å². The standard InChI is InChI=1S/C25H22N6O4/c1-34-19-11-12-21-20(14-19)26-24(32)15-25(33)30(21)17-7-9-18(10-8-17)31-23(27-28-29-31)13-16-5-3-4-6-22(16)35-2/h3-12,14H,13,15H2,1-2H3,(H,26,32). The molecule has 1 aliphatic rings.